The molecule has 1 aliphatic rings. The number of carbonyl (C=O) groups excluding carboxylic acids is 2. The van der Waals surface area contributed by atoms with E-state index in [1.807, 2.05) is 11.9 Å². The van der Waals surface area contributed by atoms with Crippen LogP contribution in [0.4, 0.5) is 8.78 Å². The highest BCUT2D eigenvalue weighted by atomic mass is 19.1. The van der Waals surface area contributed by atoms with Gasteiger partial charge in [-0.25, -0.2) is 8.78 Å². The third-order valence-electron chi connectivity index (χ3n) is 3.53. The van der Waals surface area contributed by atoms with Crippen molar-refractivity contribution in [1.29, 1.82) is 0 Å². The second kappa shape index (κ2) is 6.17. The number of amides is 2. The average Bonchev–Trinajstić information content (AvgIpc) is 2.77. The van der Waals surface area contributed by atoms with Crippen LogP contribution < -0.4 is 10.6 Å². The lowest BCUT2D eigenvalue weighted by molar-refractivity contribution is -0.124. The molecule has 114 valence electrons. The minimum absolute atomic E-state index is 0.0993. The Morgan fingerprint density at radius 2 is 1.81 bits per heavy atom. The molecule has 0 aromatic heterocycles. The molecule has 0 radical (unpaired) electrons. The number of likely N-dealkylation sites (N-methyl/N-ethyl adjacent to an activating group) is 1. The van der Waals surface area contributed by atoms with Crippen LogP contribution in [0.25, 0.3) is 0 Å². The summed E-state index contributed by atoms with van der Waals surface area (Å²) in [5, 5.41) is 5.22. The molecular formula is C14H17F2N3O2. The van der Waals surface area contributed by atoms with Gasteiger partial charge in [0.05, 0.1) is 12.0 Å². The Hall–Kier alpha value is -2.02. The minimum atomic E-state index is -0.813. The van der Waals surface area contributed by atoms with E-state index in [0.717, 1.165) is 12.1 Å². The molecular weight excluding hydrogens is 280 g/mol. The zero-order valence-corrected chi connectivity index (χ0v) is 11.8. The van der Waals surface area contributed by atoms with Crippen LogP contribution >= 0.6 is 0 Å². The van der Waals surface area contributed by atoms with Crippen LogP contribution in [0.2, 0.25) is 0 Å². The van der Waals surface area contributed by atoms with Gasteiger partial charge in [-0.2, -0.15) is 0 Å². The number of likely N-dealkylation sites (tertiary alicyclic amines) is 1. The number of hydrogen-bond acceptors (Lipinski definition) is 3. The molecule has 1 saturated heterocycles. The molecule has 1 aromatic rings. The molecule has 0 bridgehead atoms. The van der Waals surface area contributed by atoms with Gasteiger partial charge in [-0.05, 0) is 19.2 Å². The predicted molar refractivity (Wildman–Crippen MR) is 72.7 cm³/mol. The molecule has 2 amide bonds. The lowest BCUT2D eigenvalue weighted by atomic mass is 10.0. The Morgan fingerprint density at radius 1 is 1.19 bits per heavy atom. The molecule has 0 saturated carbocycles. The normalized spacial score (nSPS) is 22.1. The molecule has 0 aliphatic carbocycles. The summed E-state index contributed by atoms with van der Waals surface area (Å²) in [4.78, 5) is 25.8. The van der Waals surface area contributed by atoms with E-state index < -0.39 is 23.6 Å². The second-order valence-corrected chi connectivity index (χ2v) is 5.18. The Balaban J connectivity index is 2.12. The molecule has 5 nitrogen and oxygen atoms in total. The van der Waals surface area contributed by atoms with Crippen LogP contribution in [-0.4, -0.2) is 49.9 Å². The molecule has 0 spiro atoms. The minimum Gasteiger partial charge on any atom is -0.359 e. The van der Waals surface area contributed by atoms with Gasteiger partial charge in [0, 0.05) is 31.8 Å². The van der Waals surface area contributed by atoms with Crippen molar-refractivity contribution in [1.82, 2.24) is 15.5 Å². The van der Waals surface area contributed by atoms with Gasteiger partial charge in [0.1, 0.15) is 11.6 Å². The fraction of sp³-hybridized carbons (Fsp3) is 0.429. The molecule has 2 atom stereocenters. The second-order valence-electron chi connectivity index (χ2n) is 5.18. The molecule has 0 unspecified atom stereocenters. The van der Waals surface area contributed by atoms with Gasteiger partial charge < -0.3 is 15.5 Å². The van der Waals surface area contributed by atoms with Gasteiger partial charge in [0.2, 0.25) is 5.91 Å². The van der Waals surface area contributed by atoms with Crippen LogP contribution in [0.5, 0.6) is 0 Å². The van der Waals surface area contributed by atoms with Crippen molar-refractivity contribution >= 4 is 11.8 Å². The van der Waals surface area contributed by atoms with Crippen molar-refractivity contribution in [2.24, 2.45) is 5.92 Å². The summed E-state index contributed by atoms with van der Waals surface area (Å²) in [5.74, 6) is -2.78. The molecule has 21 heavy (non-hydrogen) atoms. The molecule has 7 heteroatoms. The largest absolute Gasteiger partial charge is 0.359 e. The summed E-state index contributed by atoms with van der Waals surface area (Å²) in [7, 11) is 3.37. The monoisotopic (exact) mass is 297 g/mol. The maximum absolute atomic E-state index is 13.1. The van der Waals surface area contributed by atoms with Crippen LogP contribution in [-0.2, 0) is 4.79 Å². The summed E-state index contributed by atoms with van der Waals surface area (Å²) in [6.07, 6.45) is 0. The maximum Gasteiger partial charge on any atom is 0.251 e. The van der Waals surface area contributed by atoms with E-state index in [-0.39, 0.29) is 17.4 Å². The zero-order chi connectivity index (χ0) is 15.6. The van der Waals surface area contributed by atoms with Gasteiger partial charge in [-0.15, -0.1) is 0 Å². The predicted octanol–water partition coefficient (Wildman–Crippen LogP) is 0.371. The zero-order valence-electron chi connectivity index (χ0n) is 11.8. The molecule has 1 aliphatic heterocycles. The van der Waals surface area contributed by atoms with Crippen molar-refractivity contribution in [2.45, 2.75) is 6.04 Å². The van der Waals surface area contributed by atoms with Crippen molar-refractivity contribution in [2.75, 3.05) is 27.2 Å². The fourth-order valence-electron chi connectivity index (χ4n) is 2.53. The fourth-order valence-corrected chi connectivity index (χ4v) is 2.53. The van der Waals surface area contributed by atoms with Gasteiger partial charge in [0.25, 0.3) is 5.91 Å². The summed E-state index contributed by atoms with van der Waals surface area (Å²) in [6.45, 7) is 1.02. The topological polar surface area (TPSA) is 61.4 Å². The number of nitrogens with one attached hydrogen (secondary N) is 2. The highest BCUT2D eigenvalue weighted by Gasteiger charge is 2.36. The van der Waals surface area contributed by atoms with Gasteiger partial charge in [0.15, 0.2) is 0 Å². The summed E-state index contributed by atoms with van der Waals surface area (Å²) < 4.78 is 26.3. The summed E-state index contributed by atoms with van der Waals surface area (Å²) in [5.41, 5.74) is -0.0993. The standard InChI is InChI=1S/C14H17F2N3O2/c1-17-14(21)11-6-19(2)7-12(11)18-13(20)8-3-9(15)5-10(16)4-8/h3-5,11-12H,6-7H2,1-2H3,(H,17,21)(H,18,20)/t11-,12+/m1/s1. The first-order valence-corrected chi connectivity index (χ1v) is 6.58. The van der Waals surface area contributed by atoms with E-state index >= 15 is 0 Å². The third-order valence-corrected chi connectivity index (χ3v) is 3.53. The first-order chi connectivity index (χ1) is 9.90. The first kappa shape index (κ1) is 15.4. The van der Waals surface area contributed by atoms with Crippen molar-refractivity contribution < 1.29 is 18.4 Å². The van der Waals surface area contributed by atoms with E-state index in [1.165, 1.54) is 7.05 Å². The smallest absolute Gasteiger partial charge is 0.251 e. The van der Waals surface area contributed by atoms with E-state index in [2.05, 4.69) is 10.6 Å². The summed E-state index contributed by atoms with van der Waals surface area (Å²) in [6, 6.07) is 2.24. The van der Waals surface area contributed by atoms with Crippen LogP contribution in [0.15, 0.2) is 18.2 Å². The van der Waals surface area contributed by atoms with Gasteiger partial charge in [-0.1, -0.05) is 0 Å². The van der Waals surface area contributed by atoms with Gasteiger partial charge in [-0.3, -0.25) is 9.59 Å². The van der Waals surface area contributed by atoms with E-state index in [9.17, 15) is 18.4 Å². The Kier molecular flexibility index (Phi) is 4.52. The Bertz CT molecular complexity index is 545. The third kappa shape index (κ3) is 3.55. The number of rotatable bonds is 3. The van der Waals surface area contributed by atoms with Crippen molar-refractivity contribution in [3.63, 3.8) is 0 Å². The first-order valence-electron chi connectivity index (χ1n) is 6.58. The van der Waals surface area contributed by atoms with Crippen LogP contribution in [0, 0.1) is 17.6 Å². The molecule has 1 heterocycles. The number of halogens is 2. The lowest BCUT2D eigenvalue weighted by Crippen LogP contribution is -2.45. The SMILES string of the molecule is CNC(=O)[C@@H]1CN(C)C[C@@H]1NC(=O)c1cc(F)cc(F)c1. The highest BCUT2D eigenvalue weighted by Crippen LogP contribution is 2.17. The summed E-state index contributed by atoms with van der Waals surface area (Å²) >= 11 is 0. The molecule has 2 rings (SSSR count). The van der Waals surface area contributed by atoms with E-state index in [0.29, 0.717) is 19.2 Å². The van der Waals surface area contributed by atoms with Crippen LogP contribution in [0.1, 0.15) is 10.4 Å². The quantitative estimate of drug-likeness (QED) is 0.847. The Labute approximate surface area is 121 Å². The highest BCUT2D eigenvalue weighted by molar-refractivity contribution is 5.95. The van der Waals surface area contributed by atoms with E-state index in [4.69, 9.17) is 0 Å². The number of benzene rings is 1. The maximum atomic E-state index is 13.1. The Morgan fingerprint density at radius 3 is 2.38 bits per heavy atom. The number of nitrogens with zero attached hydrogens (tertiary/aromatic N) is 1. The molecule has 1 fully saturated rings. The molecule has 2 N–H and O–H groups in total. The lowest BCUT2D eigenvalue weighted by Gasteiger charge is -2.18. The average molecular weight is 297 g/mol. The molecule has 1 aromatic carbocycles. The van der Waals surface area contributed by atoms with E-state index in [1.54, 1.807) is 0 Å². The van der Waals surface area contributed by atoms with Crippen molar-refractivity contribution in [3.8, 4) is 0 Å². The van der Waals surface area contributed by atoms with Crippen molar-refractivity contribution in [3.05, 3.63) is 35.4 Å². The van der Waals surface area contributed by atoms with Gasteiger partial charge >= 0.3 is 0 Å². The number of carbonyl (C=O) groups is 2. The number of hydrogen-bond donors (Lipinski definition) is 2. The van der Waals surface area contributed by atoms with Crippen LogP contribution in [0.3, 0.4) is 0 Å².